The van der Waals surface area contributed by atoms with Crippen LogP contribution in [0.1, 0.15) is 25.7 Å². The number of aromatic nitrogens is 1. The van der Waals surface area contributed by atoms with Crippen LogP contribution in [0.25, 0.3) is 0 Å². The van der Waals surface area contributed by atoms with Gasteiger partial charge in [0.05, 0.1) is 6.10 Å². The summed E-state index contributed by atoms with van der Waals surface area (Å²) in [5.74, 6) is 0. The third-order valence-corrected chi connectivity index (χ3v) is 4.61. The number of pyridine rings is 1. The van der Waals surface area contributed by atoms with Crippen molar-refractivity contribution in [3.05, 3.63) is 68.2 Å². The van der Waals surface area contributed by atoms with Crippen LogP contribution in [0.5, 0.6) is 0 Å². The summed E-state index contributed by atoms with van der Waals surface area (Å²) in [7, 11) is 0. The molecule has 2 N–H and O–H groups in total. The number of rotatable bonds is 10. The average molecular weight is 388 g/mol. The molecule has 0 saturated heterocycles. The molecule has 0 saturated carbocycles. The third kappa shape index (κ3) is 5.28. The van der Waals surface area contributed by atoms with Gasteiger partial charge < -0.3 is 15.4 Å². The first-order valence-corrected chi connectivity index (χ1v) is 9.42. The zero-order valence-corrected chi connectivity index (χ0v) is 15.7. The molecule has 0 spiro atoms. The molecule has 7 heteroatoms. The second kappa shape index (κ2) is 9.48. The predicted molar refractivity (Wildman–Crippen MR) is 109 cm³/mol. The summed E-state index contributed by atoms with van der Waals surface area (Å²) in [5.41, 5.74) is 0.461. The zero-order valence-electron chi connectivity index (χ0n) is 14.9. The molecule has 1 aromatic carbocycles. The van der Waals surface area contributed by atoms with Gasteiger partial charge in [0, 0.05) is 36.3 Å². The van der Waals surface area contributed by atoms with Gasteiger partial charge in [0.2, 0.25) is 0 Å². The van der Waals surface area contributed by atoms with E-state index < -0.39 is 10.9 Å². The monoisotopic (exact) mass is 387 g/mol. The number of unbranched alkanes of at least 4 members (excludes halogenated alkanes) is 2. The van der Waals surface area contributed by atoms with Gasteiger partial charge in [0.25, 0.3) is 10.9 Å². The lowest BCUT2D eigenvalue weighted by Crippen LogP contribution is -2.36. The molecule has 0 aliphatic heterocycles. The Labute approximate surface area is 162 Å². The minimum atomic E-state index is -0.489. The minimum absolute atomic E-state index is 0.108. The molecule has 0 bridgehead atoms. The van der Waals surface area contributed by atoms with E-state index in [1.54, 1.807) is 24.5 Å². The first-order valence-electron chi connectivity index (χ1n) is 9.05. The van der Waals surface area contributed by atoms with E-state index in [1.165, 1.54) is 0 Å². The van der Waals surface area contributed by atoms with Crippen molar-refractivity contribution in [1.29, 1.82) is 0 Å². The van der Waals surface area contributed by atoms with Crippen molar-refractivity contribution in [2.45, 2.75) is 31.8 Å². The topological polar surface area (TPSA) is 80.3 Å². The molecule has 1 aliphatic rings. The number of anilines is 3. The lowest BCUT2D eigenvalue weighted by molar-refractivity contribution is 0.0833. The van der Waals surface area contributed by atoms with E-state index in [9.17, 15) is 9.59 Å². The van der Waals surface area contributed by atoms with Crippen molar-refractivity contribution < 1.29 is 4.74 Å². The van der Waals surface area contributed by atoms with Gasteiger partial charge in [-0.1, -0.05) is 23.8 Å². The molecule has 2 aromatic rings. The smallest absolute Gasteiger partial charge is 0.253 e. The van der Waals surface area contributed by atoms with Gasteiger partial charge in [0.1, 0.15) is 11.4 Å². The summed E-state index contributed by atoms with van der Waals surface area (Å²) in [6, 6.07) is 3.48. The molecular weight excluding hydrogens is 366 g/mol. The number of halogens is 1. The summed E-state index contributed by atoms with van der Waals surface area (Å²) in [6.07, 6.45) is 12.8. The van der Waals surface area contributed by atoms with Gasteiger partial charge in [-0.05, 0) is 43.9 Å². The van der Waals surface area contributed by atoms with Crippen LogP contribution in [0.15, 0.2) is 57.4 Å². The summed E-state index contributed by atoms with van der Waals surface area (Å²) in [4.78, 5) is 27.4. The maximum Gasteiger partial charge on any atom is 0.253 e. The minimum Gasteiger partial charge on any atom is -0.380 e. The lowest BCUT2D eigenvalue weighted by atomic mass is 10.1. The van der Waals surface area contributed by atoms with E-state index in [0.29, 0.717) is 24.5 Å². The number of ether oxygens (including phenoxy) is 1. The standard InChI is InChI=1S/C20H22ClN3O3/c21-14-4-6-16(7-5-14)27-13-3-1-2-10-23-17-18(20(26)19(17)25)24-15-8-11-22-12-9-15/h4-6,8-9,11-12,16,23H,1-3,7,10,13H2,(H,22,24). The van der Waals surface area contributed by atoms with Crippen LogP contribution in [0.2, 0.25) is 0 Å². The Morgan fingerprint density at radius 2 is 1.89 bits per heavy atom. The molecular formula is C20H22ClN3O3. The van der Waals surface area contributed by atoms with Gasteiger partial charge in [0.15, 0.2) is 0 Å². The summed E-state index contributed by atoms with van der Waals surface area (Å²) in [6.45, 7) is 1.33. The number of hydrogen-bond donors (Lipinski definition) is 2. The quantitative estimate of drug-likeness (QED) is 0.480. The molecule has 27 heavy (non-hydrogen) atoms. The fourth-order valence-corrected chi connectivity index (χ4v) is 2.97. The molecule has 142 valence electrons. The molecule has 0 radical (unpaired) electrons. The highest BCUT2D eigenvalue weighted by Gasteiger charge is 2.20. The van der Waals surface area contributed by atoms with Crippen molar-refractivity contribution in [2.24, 2.45) is 0 Å². The molecule has 0 amide bonds. The van der Waals surface area contributed by atoms with Gasteiger partial charge >= 0.3 is 0 Å². The summed E-state index contributed by atoms with van der Waals surface area (Å²) >= 11 is 5.87. The maximum atomic E-state index is 11.8. The van der Waals surface area contributed by atoms with E-state index in [1.807, 2.05) is 18.2 Å². The second-order valence-electron chi connectivity index (χ2n) is 6.35. The first-order chi connectivity index (χ1) is 13.1. The van der Waals surface area contributed by atoms with Gasteiger partial charge in [-0.2, -0.15) is 0 Å². The highest BCUT2D eigenvalue weighted by Crippen LogP contribution is 2.20. The van der Waals surface area contributed by atoms with Crippen molar-refractivity contribution in [3.63, 3.8) is 0 Å². The fourth-order valence-electron chi connectivity index (χ4n) is 2.81. The van der Waals surface area contributed by atoms with Crippen LogP contribution in [0.4, 0.5) is 17.1 Å². The molecule has 0 fully saturated rings. The van der Waals surface area contributed by atoms with Crippen LogP contribution >= 0.6 is 11.6 Å². The molecule has 3 rings (SSSR count). The SMILES string of the molecule is O=c1c(NCCCCCOC2C=CC(Cl)=CC2)c(Nc2ccncc2)c1=O. The predicted octanol–water partition coefficient (Wildman–Crippen LogP) is 3.47. The third-order valence-electron chi connectivity index (χ3n) is 4.33. The largest absolute Gasteiger partial charge is 0.380 e. The molecule has 6 nitrogen and oxygen atoms in total. The molecule has 1 atom stereocenters. The Morgan fingerprint density at radius 3 is 2.63 bits per heavy atom. The number of nitrogens with one attached hydrogen (secondary N) is 2. The highest BCUT2D eigenvalue weighted by molar-refractivity contribution is 6.31. The Hall–Kier alpha value is -2.44. The Kier molecular flexibility index (Phi) is 6.79. The van der Waals surface area contributed by atoms with E-state index >= 15 is 0 Å². The average Bonchev–Trinajstić information content (AvgIpc) is 2.70. The van der Waals surface area contributed by atoms with Crippen molar-refractivity contribution in [2.75, 3.05) is 23.8 Å². The van der Waals surface area contributed by atoms with Crippen LogP contribution in [0.3, 0.4) is 0 Å². The van der Waals surface area contributed by atoms with Crippen molar-refractivity contribution >= 4 is 28.7 Å². The van der Waals surface area contributed by atoms with E-state index in [-0.39, 0.29) is 6.10 Å². The highest BCUT2D eigenvalue weighted by atomic mass is 35.5. The van der Waals surface area contributed by atoms with Crippen LogP contribution < -0.4 is 21.5 Å². The fraction of sp³-hybridized carbons (Fsp3) is 0.350. The summed E-state index contributed by atoms with van der Waals surface area (Å²) in [5, 5.41) is 6.81. The molecule has 1 unspecified atom stereocenters. The second-order valence-corrected chi connectivity index (χ2v) is 6.79. The molecule has 1 heterocycles. The van der Waals surface area contributed by atoms with E-state index in [4.69, 9.17) is 16.3 Å². The van der Waals surface area contributed by atoms with Crippen LogP contribution in [-0.2, 0) is 4.74 Å². The Bertz CT molecular complexity index is 886. The van der Waals surface area contributed by atoms with Gasteiger partial charge in [-0.25, -0.2) is 0 Å². The summed E-state index contributed by atoms with van der Waals surface area (Å²) < 4.78 is 5.77. The normalized spacial score (nSPS) is 16.3. The molecule has 1 aliphatic carbocycles. The van der Waals surface area contributed by atoms with Crippen LogP contribution in [0, 0.1) is 0 Å². The van der Waals surface area contributed by atoms with Crippen LogP contribution in [-0.4, -0.2) is 24.2 Å². The number of hydrogen-bond acceptors (Lipinski definition) is 6. The van der Waals surface area contributed by atoms with Crippen molar-refractivity contribution in [3.8, 4) is 0 Å². The Balaban J connectivity index is 1.34. The van der Waals surface area contributed by atoms with E-state index in [0.717, 1.165) is 36.4 Å². The Morgan fingerprint density at radius 1 is 1.11 bits per heavy atom. The van der Waals surface area contributed by atoms with Crippen molar-refractivity contribution in [1.82, 2.24) is 4.98 Å². The van der Waals surface area contributed by atoms with E-state index in [2.05, 4.69) is 15.6 Å². The molecule has 1 aromatic heterocycles. The maximum absolute atomic E-state index is 11.8. The van der Waals surface area contributed by atoms with Gasteiger partial charge in [-0.15, -0.1) is 0 Å². The number of allylic oxidation sites excluding steroid dienone is 2. The number of nitrogens with zero attached hydrogens (tertiary/aromatic N) is 1. The first kappa shape index (κ1) is 19.3. The lowest BCUT2D eigenvalue weighted by Gasteiger charge is -2.16. The van der Waals surface area contributed by atoms with Gasteiger partial charge in [-0.3, -0.25) is 14.6 Å². The zero-order chi connectivity index (χ0) is 19.1.